The maximum atomic E-state index is 13.6. The molecule has 1 saturated carbocycles. The van der Waals surface area contributed by atoms with Crippen LogP contribution in [0, 0.1) is 13.8 Å². The van der Waals surface area contributed by atoms with Crippen LogP contribution in [0.3, 0.4) is 0 Å². The first-order valence-electron chi connectivity index (χ1n) is 10.8. The second-order valence-corrected chi connectivity index (χ2v) is 8.43. The van der Waals surface area contributed by atoms with Crippen LogP contribution in [0.15, 0.2) is 47.4 Å². The second kappa shape index (κ2) is 7.82. The third-order valence-electron chi connectivity index (χ3n) is 6.15. The summed E-state index contributed by atoms with van der Waals surface area (Å²) in [6, 6.07) is 11.7. The van der Waals surface area contributed by atoms with Crippen LogP contribution in [-0.4, -0.2) is 33.8 Å². The minimum Gasteiger partial charge on any atom is -0.497 e. The highest BCUT2D eigenvalue weighted by Gasteiger charge is 2.30. The molecule has 0 amide bonds. The van der Waals surface area contributed by atoms with E-state index in [4.69, 9.17) is 14.6 Å². The fourth-order valence-electron chi connectivity index (χ4n) is 4.04. The number of methoxy groups -OCH3 is 2. The first-order valence-corrected chi connectivity index (χ1v) is 10.8. The largest absolute Gasteiger partial charge is 0.497 e. The number of fused-ring (bicyclic) bond motifs is 1. The summed E-state index contributed by atoms with van der Waals surface area (Å²) in [5, 5.41) is 10.2. The number of rotatable bonds is 6. The molecule has 1 fully saturated rings. The quantitative estimate of drug-likeness (QED) is 0.460. The summed E-state index contributed by atoms with van der Waals surface area (Å²) in [6.07, 6.45) is 3.95. The van der Waals surface area contributed by atoms with E-state index in [2.05, 4.69) is 31.1 Å². The minimum atomic E-state index is -0.165. The Morgan fingerprint density at radius 3 is 2.34 bits per heavy atom. The average molecular weight is 431 g/mol. The van der Waals surface area contributed by atoms with Crippen LogP contribution in [0.5, 0.6) is 11.5 Å². The summed E-state index contributed by atoms with van der Waals surface area (Å²) >= 11 is 0. The number of ether oxygens (including phenoxy) is 2. The molecule has 5 rings (SSSR count). The smallest absolute Gasteiger partial charge is 0.293 e. The predicted octanol–water partition coefficient (Wildman–Crippen LogP) is 4.14. The van der Waals surface area contributed by atoms with Gasteiger partial charge in [-0.3, -0.25) is 4.79 Å². The van der Waals surface area contributed by atoms with Gasteiger partial charge in [0.2, 0.25) is 0 Å². The van der Waals surface area contributed by atoms with Gasteiger partial charge in [0, 0.05) is 17.4 Å². The van der Waals surface area contributed by atoms with E-state index in [-0.39, 0.29) is 5.56 Å². The molecule has 4 aromatic rings. The van der Waals surface area contributed by atoms with Gasteiger partial charge < -0.3 is 9.47 Å². The zero-order chi connectivity index (χ0) is 22.4. The van der Waals surface area contributed by atoms with Crippen molar-refractivity contribution >= 4 is 10.9 Å². The molecule has 7 nitrogen and oxygen atoms in total. The molecule has 0 spiro atoms. The summed E-state index contributed by atoms with van der Waals surface area (Å²) < 4.78 is 14.1. The zero-order valence-corrected chi connectivity index (χ0v) is 18.8. The van der Waals surface area contributed by atoms with E-state index in [9.17, 15) is 4.79 Å². The first-order chi connectivity index (χ1) is 15.5. The summed E-state index contributed by atoms with van der Waals surface area (Å²) in [5.41, 5.74) is 5.48. The number of hydrogen-bond donors (Lipinski definition) is 0. The number of aryl methyl sites for hydroxylation is 2. The molecule has 164 valence electrons. The van der Waals surface area contributed by atoms with Crippen molar-refractivity contribution in [3.8, 4) is 17.2 Å². The molecule has 0 bridgehead atoms. The van der Waals surface area contributed by atoms with Crippen molar-refractivity contribution < 1.29 is 9.47 Å². The highest BCUT2D eigenvalue weighted by molar-refractivity contribution is 5.82. The van der Waals surface area contributed by atoms with Gasteiger partial charge in [-0.2, -0.15) is 10.2 Å². The van der Waals surface area contributed by atoms with E-state index in [0.717, 1.165) is 40.7 Å². The van der Waals surface area contributed by atoms with Gasteiger partial charge in [0.05, 0.1) is 38.3 Å². The van der Waals surface area contributed by atoms with Crippen LogP contribution in [0.4, 0.5) is 0 Å². The molecule has 2 aromatic carbocycles. The highest BCUT2D eigenvalue weighted by Crippen LogP contribution is 2.41. The number of hydrogen-bond acceptors (Lipinski definition) is 5. The standard InChI is InChI=1S/C25H26N4O3/c1-15-5-8-19(9-16(15)2)29-24-22(13-26-29)23(18-6-7-18)27-28(25(24)30)14-17-10-20(31-3)12-21(11-17)32-4/h5,8-13,18H,6-7,14H2,1-4H3. The molecule has 0 atom stereocenters. The summed E-state index contributed by atoms with van der Waals surface area (Å²) in [6.45, 7) is 4.46. The average Bonchev–Trinajstić information content (AvgIpc) is 3.55. The monoisotopic (exact) mass is 430 g/mol. The van der Waals surface area contributed by atoms with E-state index in [0.29, 0.717) is 29.5 Å². The van der Waals surface area contributed by atoms with Crippen molar-refractivity contribution in [1.29, 1.82) is 0 Å². The van der Waals surface area contributed by atoms with E-state index in [1.165, 1.54) is 5.56 Å². The van der Waals surface area contributed by atoms with Gasteiger partial charge in [0.25, 0.3) is 5.56 Å². The van der Waals surface area contributed by atoms with Crippen LogP contribution in [0.2, 0.25) is 0 Å². The molecule has 32 heavy (non-hydrogen) atoms. The number of nitrogens with zero attached hydrogens (tertiary/aromatic N) is 4. The lowest BCUT2D eigenvalue weighted by Gasteiger charge is -2.12. The Hall–Kier alpha value is -3.61. The fraction of sp³-hybridized carbons (Fsp3) is 0.320. The molecule has 0 aliphatic heterocycles. The molecule has 1 aliphatic rings. The molecule has 7 heteroatoms. The summed E-state index contributed by atoms with van der Waals surface area (Å²) in [7, 11) is 3.23. The van der Waals surface area contributed by atoms with Gasteiger partial charge in [0.1, 0.15) is 17.0 Å². The van der Waals surface area contributed by atoms with E-state index < -0.39 is 0 Å². The Bertz CT molecular complexity index is 1360. The minimum absolute atomic E-state index is 0.165. The van der Waals surface area contributed by atoms with Crippen LogP contribution in [-0.2, 0) is 6.54 Å². The van der Waals surface area contributed by atoms with Crippen LogP contribution < -0.4 is 15.0 Å². The topological polar surface area (TPSA) is 71.2 Å². The van der Waals surface area contributed by atoms with E-state index in [1.807, 2.05) is 24.3 Å². The predicted molar refractivity (Wildman–Crippen MR) is 123 cm³/mol. The SMILES string of the molecule is COc1cc(Cn2nc(C3CC3)c3cnn(-c4ccc(C)c(C)c4)c3c2=O)cc(OC)c1. The second-order valence-electron chi connectivity index (χ2n) is 8.43. The fourth-order valence-corrected chi connectivity index (χ4v) is 4.04. The molecule has 0 saturated heterocycles. The third-order valence-corrected chi connectivity index (χ3v) is 6.15. The number of benzene rings is 2. The lowest BCUT2D eigenvalue weighted by atomic mass is 10.1. The number of aromatic nitrogens is 4. The van der Waals surface area contributed by atoms with Crippen LogP contribution in [0.1, 0.15) is 41.1 Å². The van der Waals surface area contributed by atoms with Gasteiger partial charge in [0.15, 0.2) is 0 Å². The van der Waals surface area contributed by atoms with Gasteiger partial charge in [-0.15, -0.1) is 0 Å². The molecule has 0 radical (unpaired) electrons. The van der Waals surface area contributed by atoms with Crippen LogP contribution >= 0.6 is 0 Å². The summed E-state index contributed by atoms with van der Waals surface area (Å²) in [5.74, 6) is 1.73. The van der Waals surface area contributed by atoms with Crippen molar-refractivity contribution in [2.24, 2.45) is 0 Å². The Morgan fingerprint density at radius 2 is 1.72 bits per heavy atom. The van der Waals surface area contributed by atoms with Gasteiger partial charge >= 0.3 is 0 Å². The normalized spacial score (nSPS) is 13.5. The highest BCUT2D eigenvalue weighted by atomic mass is 16.5. The van der Waals surface area contributed by atoms with Crippen molar-refractivity contribution in [2.75, 3.05) is 14.2 Å². The van der Waals surface area contributed by atoms with Crippen molar-refractivity contribution in [3.63, 3.8) is 0 Å². The van der Waals surface area contributed by atoms with E-state index in [1.54, 1.807) is 29.8 Å². The van der Waals surface area contributed by atoms with Crippen LogP contribution in [0.25, 0.3) is 16.6 Å². The maximum absolute atomic E-state index is 13.6. The Balaban J connectivity index is 1.68. The van der Waals surface area contributed by atoms with Crippen molar-refractivity contribution in [2.45, 2.75) is 39.2 Å². The Labute approximate surface area is 186 Å². The van der Waals surface area contributed by atoms with Gasteiger partial charge in [-0.05, 0) is 67.6 Å². The molecule has 1 aliphatic carbocycles. The molecule has 2 heterocycles. The lowest BCUT2D eigenvalue weighted by molar-refractivity contribution is 0.393. The maximum Gasteiger partial charge on any atom is 0.293 e. The summed E-state index contributed by atoms with van der Waals surface area (Å²) in [4.78, 5) is 13.6. The molecule has 0 unspecified atom stereocenters. The van der Waals surface area contributed by atoms with Gasteiger partial charge in [-0.1, -0.05) is 6.07 Å². The molecular weight excluding hydrogens is 404 g/mol. The Morgan fingerprint density at radius 1 is 1.00 bits per heavy atom. The molecule has 0 N–H and O–H groups in total. The molecule has 2 aromatic heterocycles. The van der Waals surface area contributed by atoms with Crippen molar-refractivity contribution in [3.05, 3.63) is 75.3 Å². The third kappa shape index (κ3) is 3.53. The van der Waals surface area contributed by atoms with Crippen molar-refractivity contribution in [1.82, 2.24) is 19.6 Å². The lowest BCUT2D eigenvalue weighted by Crippen LogP contribution is -2.26. The van der Waals surface area contributed by atoms with Gasteiger partial charge in [-0.25, -0.2) is 9.36 Å². The van der Waals surface area contributed by atoms with E-state index >= 15 is 0 Å². The first kappa shape index (κ1) is 20.3. The Kier molecular flexibility index (Phi) is 4.96. The zero-order valence-electron chi connectivity index (χ0n) is 18.8. The molecular formula is C25H26N4O3.